The average molecular weight is 271 g/mol. The van der Waals surface area contributed by atoms with Gasteiger partial charge in [0.15, 0.2) is 0 Å². The van der Waals surface area contributed by atoms with E-state index >= 15 is 0 Å². The minimum atomic E-state index is 0.763. The highest BCUT2D eigenvalue weighted by atomic mass is 15.0. The molecular weight excluding hydrogens is 242 g/mol. The zero-order valence-corrected chi connectivity index (χ0v) is 13.2. The van der Waals surface area contributed by atoms with E-state index in [0.29, 0.717) is 0 Å². The van der Waals surface area contributed by atoms with Gasteiger partial charge in [0.2, 0.25) is 0 Å². The van der Waals surface area contributed by atoms with E-state index in [0.717, 1.165) is 29.8 Å². The van der Waals surface area contributed by atoms with Gasteiger partial charge in [-0.1, -0.05) is 56.5 Å². The first-order valence-corrected chi connectivity index (χ1v) is 8.46. The average Bonchev–Trinajstić information content (AvgIpc) is 2.39. The molecule has 110 valence electrons. The Hall–Kier alpha value is -0.820. The molecular formula is C19H29N. The van der Waals surface area contributed by atoms with Crippen LogP contribution in [0.2, 0.25) is 0 Å². The van der Waals surface area contributed by atoms with E-state index < -0.39 is 0 Å². The summed E-state index contributed by atoms with van der Waals surface area (Å²) in [5.41, 5.74) is 2.91. The number of aryl methyl sites for hydroxylation is 1. The monoisotopic (exact) mass is 271 g/mol. The highest BCUT2D eigenvalue weighted by Crippen LogP contribution is 2.39. The van der Waals surface area contributed by atoms with Crippen molar-refractivity contribution < 1.29 is 0 Å². The minimum absolute atomic E-state index is 0.763. The van der Waals surface area contributed by atoms with Crippen molar-refractivity contribution in [1.29, 1.82) is 0 Å². The first-order chi connectivity index (χ1) is 9.63. The van der Waals surface area contributed by atoms with Crippen molar-refractivity contribution in [3.8, 4) is 0 Å². The molecule has 0 aromatic heterocycles. The van der Waals surface area contributed by atoms with Crippen LogP contribution in [0.3, 0.4) is 0 Å². The van der Waals surface area contributed by atoms with Gasteiger partial charge in [0, 0.05) is 12.1 Å². The predicted octanol–water partition coefficient (Wildman–Crippen LogP) is 4.66. The third-order valence-corrected chi connectivity index (χ3v) is 5.84. The summed E-state index contributed by atoms with van der Waals surface area (Å²) < 4.78 is 0. The summed E-state index contributed by atoms with van der Waals surface area (Å²) >= 11 is 0. The van der Waals surface area contributed by atoms with Crippen LogP contribution in [-0.4, -0.2) is 12.1 Å². The van der Waals surface area contributed by atoms with E-state index in [1.807, 2.05) is 0 Å². The van der Waals surface area contributed by atoms with Crippen LogP contribution in [0.1, 0.15) is 63.0 Å². The molecule has 1 N–H and O–H groups in total. The Kier molecular flexibility index (Phi) is 4.16. The van der Waals surface area contributed by atoms with Crippen molar-refractivity contribution in [3.05, 3.63) is 35.4 Å². The number of nitrogens with one attached hydrogen (secondary N) is 1. The van der Waals surface area contributed by atoms with Crippen LogP contribution in [0.5, 0.6) is 0 Å². The van der Waals surface area contributed by atoms with E-state index in [2.05, 4.69) is 50.4 Å². The molecule has 3 atom stereocenters. The van der Waals surface area contributed by atoms with Crippen molar-refractivity contribution in [1.82, 2.24) is 5.32 Å². The maximum absolute atomic E-state index is 3.95. The second-order valence-corrected chi connectivity index (χ2v) is 7.32. The number of rotatable bonds is 3. The van der Waals surface area contributed by atoms with Crippen molar-refractivity contribution in [2.24, 2.45) is 11.8 Å². The lowest BCUT2D eigenvalue weighted by atomic mass is 9.73. The third-order valence-electron chi connectivity index (χ3n) is 5.84. The van der Waals surface area contributed by atoms with E-state index in [4.69, 9.17) is 0 Å². The van der Waals surface area contributed by atoms with E-state index in [1.54, 1.807) is 5.56 Å². The van der Waals surface area contributed by atoms with Gasteiger partial charge >= 0.3 is 0 Å². The smallest absolute Gasteiger partial charge is 0.00978 e. The summed E-state index contributed by atoms with van der Waals surface area (Å²) in [6, 6.07) is 10.7. The van der Waals surface area contributed by atoms with Crippen molar-refractivity contribution >= 4 is 0 Å². The van der Waals surface area contributed by atoms with Gasteiger partial charge in [-0.15, -0.1) is 0 Å². The fraction of sp³-hybridized carbons (Fsp3) is 0.684. The molecule has 2 fully saturated rings. The van der Waals surface area contributed by atoms with Crippen LogP contribution in [0.4, 0.5) is 0 Å². The molecule has 0 heterocycles. The standard InChI is InChI=1S/C19H29N/c1-13-7-9-16(10-8-13)17-11-18(12-17)20-19-6-4-5-14(2)15(19)3/h7-10,14-15,17-20H,4-6,11-12H2,1-3H3. The fourth-order valence-corrected chi connectivity index (χ4v) is 3.98. The largest absolute Gasteiger partial charge is 0.311 e. The Morgan fingerprint density at radius 3 is 2.40 bits per heavy atom. The molecule has 20 heavy (non-hydrogen) atoms. The van der Waals surface area contributed by atoms with Gasteiger partial charge in [-0.25, -0.2) is 0 Å². The van der Waals surface area contributed by atoms with Crippen molar-refractivity contribution in [2.75, 3.05) is 0 Å². The predicted molar refractivity (Wildman–Crippen MR) is 86.0 cm³/mol. The number of benzene rings is 1. The Bertz CT molecular complexity index is 430. The maximum atomic E-state index is 3.95. The van der Waals surface area contributed by atoms with E-state index in [9.17, 15) is 0 Å². The molecule has 1 nitrogen and oxygen atoms in total. The Morgan fingerprint density at radius 1 is 1.00 bits per heavy atom. The van der Waals surface area contributed by atoms with Crippen LogP contribution in [0, 0.1) is 18.8 Å². The van der Waals surface area contributed by atoms with Gasteiger partial charge in [0.1, 0.15) is 0 Å². The van der Waals surface area contributed by atoms with Crippen LogP contribution < -0.4 is 5.32 Å². The molecule has 0 amide bonds. The Morgan fingerprint density at radius 2 is 1.70 bits per heavy atom. The summed E-state index contributed by atoms with van der Waals surface area (Å²) in [5, 5.41) is 3.95. The summed E-state index contributed by atoms with van der Waals surface area (Å²) in [6.45, 7) is 7.03. The van der Waals surface area contributed by atoms with Crippen molar-refractivity contribution in [2.45, 2.75) is 70.9 Å². The normalized spacial score (nSPS) is 37.5. The van der Waals surface area contributed by atoms with Gasteiger partial charge in [-0.3, -0.25) is 0 Å². The second-order valence-electron chi connectivity index (χ2n) is 7.32. The maximum Gasteiger partial charge on any atom is 0.00978 e. The van der Waals surface area contributed by atoms with Crippen molar-refractivity contribution in [3.63, 3.8) is 0 Å². The quantitative estimate of drug-likeness (QED) is 0.843. The zero-order valence-electron chi connectivity index (χ0n) is 13.2. The second kappa shape index (κ2) is 5.89. The molecule has 1 heteroatoms. The van der Waals surface area contributed by atoms with Crippen LogP contribution in [0.25, 0.3) is 0 Å². The molecule has 0 spiro atoms. The molecule has 0 saturated heterocycles. The molecule has 0 aliphatic heterocycles. The molecule has 2 aliphatic carbocycles. The van der Waals surface area contributed by atoms with Gasteiger partial charge in [-0.2, -0.15) is 0 Å². The summed E-state index contributed by atoms with van der Waals surface area (Å²) in [7, 11) is 0. The lowest BCUT2D eigenvalue weighted by Gasteiger charge is -2.43. The number of hydrogen-bond acceptors (Lipinski definition) is 1. The lowest BCUT2D eigenvalue weighted by molar-refractivity contribution is 0.162. The zero-order chi connectivity index (χ0) is 14.1. The summed E-state index contributed by atoms with van der Waals surface area (Å²) in [4.78, 5) is 0. The van der Waals surface area contributed by atoms with E-state index in [1.165, 1.54) is 37.7 Å². The highest BCUT2D eigenvalue weighted by molar-refractivity contribution is 5.26. The minimum Gasteiger partial charge on any atom is -0.311 e. The lowest BCUT2D eigenvalue weighted by Crippen LogP contribution is -2.50. The van der Waals surface area contributed by atoms with Gasteiger partial charge < -0.3 is 5.32 Å². The topological polar surface area (TPSA) is 12.0 Å². The molecule has 3 unspecified atom stereocenters. The first-order valence-electron chi connectivity index (χ1n) is 8.46. The van der Waals surface area contributed by atoms with Crippen LogP contribution in [0.15, 0.2) is 24.3 Å². The van der Waals surface area contributed by atoms with Crippen LogP contribution >= 0.6 is 0 Å². The summed E-state index contributed by atoms with van der Waals surface area (Å²) in [5.74, 6) is 2.54. The first kappa shape index (κ1) is 14.1. The molecule has 0 radical (unpaired) electrons. The highest BCUT2D eigenvalue weighted by Gasteiger charge is 2.34. The Labute approximate surface area is 124 Å². The third kappa shape index (κ3) is 2.93. The SMILES string of the molecule is Cc1ccc(C2CC(NC3CCCC(C)C3C)C2)cc1. The molecule has 1 aromatic rings. The van der Waals surface area contributed by atoms with Gasteiger partial charge in [0.25, 0.3) is 0 Å². The molecule has 2 saturated carbocycles. The molecule has 0 bridgehead atoms. The van der Waals surface area contributed by atoms with Crippen LogP contribution in [-0.2, 0) is 0 Å². The van der Waals surface area contributed by atoms with Gasteiger partial charge in [-0.05, 0) is 49.5 Å². The fourth-order valence-electron chi connectivity index (χ4n) is 3.98. The molecule has 3 rings (SSSR count). The van der Waals surface area contributed by atoms with Gasteiger partial charge in [0.05, 0.1) is 0 Å². The molecule has 1 aromatic carbocycles. The van der Waals surface area contributed by atoms with E-state index in [-0.39, 0.29) is 0 Å². The number of hydrogen-bond donors (Lipinski definition) is 1. The summed E-state index contributed by atoms with van der Waals surface area (Å²) in [6.07, 6.45) is 6.89. The Balaban J connectivity index is 1.49. The molecule has 2 aliphatic rings.